The molecular formula is C13H19O4PS2. The second-order valence-electron chi connectivity index (χ2n) is 4.19. The second kappa shape index (κ2) is 8.15. The lowest BCUT2D eigenvalue weighted by atomic mass is 10.1. The third kappa shape index (κ3) is 5.19. The lowest BCUT2D eigenvalue weighted by molar-refractivity contribution is -0.146. The van der Waals surface area contributed by atoms with Crippen LogP contribution in [0.4, 0.5) is 0 Å². The van der Waals surface area contributed by atoms with Gasteiger partial charge in [-0.05, 0) is 31.2 Å². The Balaban J connectivity index is 3.02. The molecule has 1 atom stereocenters. The van der Waals surface area contributed by atoms with Gasteiger partial charge in [0.2, 0.25) is 5.69 Å². The van der Waals surface area contributed by atoms with Crippen LogP contribution < -0.4 is 0 Å². The first-order valence-electron chi connectivity index (χ1n) is 6.07. The highest BCUT2D eigenvalue weighted by Gasteiger charge is 2.31. The van der Waals surface area contributed by atoms with Crippen LogP contribution in [0.2, 0.25) is 0 Å². The summed E-state index contributed by atoms with van der Waals surface area (Å²) in [6.07, 6.45) is -0.183. The van der Waals surface area contributed by atoms with Crippen LogP contribution in [0.5, 0.6) is 0 Å². The van der Waals surface area contributed by atoms with Crippen LogP contribution >= 0.6 is 17.1 Å². The number of rotatable bonds is 7. The van der Waals surface area contributed by atoms with Gasteiger partial charge in [-0.3, -0.25) is 4.79 Å². The summed E-state index contributed by atoms with van der Waals surface area (Å²) in [4.78, 5) is 12.3. The van der Waals surface area contributed by atoms with Crippen molar-refractivity contribution in [1.29, 1.82) is 0 Å². The van der Waals surface area contributed by atoms with Crippen molar-refractivity contribution in [3.05, 3.63) is 35.9 Å². The molecule has 4 nitrogen and oxygen atoms in total. The molecule has 0 spiro atoms. The Morgan fingerprint density at radius 2 is 1.75 bits per heavy atom. The molecular weight excluding hydrogens is 315 g/mol. The van der Waals surface area contributed by atoms with E-state index in [1.807, 2.05) is 44.2 Å². The zero-order valence-corrected chi connectivity index (χ0v) is 14.5. The third-order valence-electron chi connectivity index (χ3n) is 2.35. The van der Waals surface area contributed by atoms with Crippen molar-refractivity contribution in [1.82, 2.24) is 0 Å². The van der Waals surface area contributed by atoms with E-state index in [0.717, 1.165) is 5.56 Å². The van der Waals surface area contributed by atoms with E-state index in [2.05, 4.69) is 0 Å². The Hall–Kier alpha value is -0.390. The fraction of sp³-hybridized carbons (Fsp3) is 0.462. The van der Waals surface area contributed by atoms with E-state index in [9.17, 15) is 4.79 Å². The van der Waals surface area contributed by atoms with Gasteiger partial charge in [-0.2, -0.15) is 0 Å². The second-order valence-corrected chi connectivity index (χ2v) is 10.7. The molecule has 1 rings (SSSR count). The van der Waals surface area contributed by atoms with Crippen LogP contribution in [0.1, 0.15) is 24.7 Å². The van der Waals surface area contributed by atoms with Crippen molar-refractivity contribution in [3.63, 3.8) is 0 Å². The minimum atomic E-state index is -2.55. The van der Waals surface area contributed by atoms with E-state index in [4.69, 9.17) is 25.6 Å². The number of benzene rings is 1. The smallest absolute Gasteiger partial charge is 0.324 e. The minimum absolute atomic E-state index is 0.183. The van der Waals surface area contributed by atoms with Crippen molar-refractivity contribution < 1.29 is 18.6 Å². The first-order chi connectivity index (χ1) is 9.41. The average Bonchev–Trinajstić information content (AvgIpc) is 2.44. The summed E-state index contributed by atoms with van der Waals surface area (Å²) in [5.74, 6) is -0.334. The number of hydrogen-bond donors (Lipinski definition) is 0. The molecule has 1 unspecified atom stereocenters. The lowest BCUT2D eigenvalue weighted by Gasteiger charge is -2.23. The van der Waals surface area contributed by atoms with Crippen molar-refractivity contribution in [3.8, 4) is 0 Å². The van der Waals surface area contributed by atoms with E-state index in [0.29, 0.717) is 0 Å². The van der Waals surface area contributed by atoms with Gasteiger partial charge in [-0.25, -0.2) is 0 Å². The predicted molar refractivity (Wildman–Crippen MR) is 86.3 cm³/mol. The van der Waals surface area contributed by atoms with Crippen LogP contribution in [0.15, 0.2) is 30.3 Å². The monoisotopic (exact) mass is 334 g/mol. The van der Waals surface area contributed by atoms with Gasteiger partial charge in [0.25, 0.3) is 0 Å². The molecule has 0 saturated carbocycles. The molecule has 0 amide bonds. The van der Waals surface area contributed by atoms with Crippen LogP contribution in [-0.4, -0.2) is 26.3 Å². The van der Waals surface area contributed by atoms with Gasteiger partial charge in [0.05, 0.1) is 6.10 Å². The maximum Gasteiger partial charge on any atom is 0.324 e. The summed E-state index contributed by atoms with van der Waals surface area (Å²) < 4.78 is 15.8. The summed E-state index contributed by atoms with van der Waals surface area (Å²) in [5, 5.41) is -0.552. The van der Waals surface area contributed by atoms with Gasteiger partial charge >= 0.3 is 5.97 Å². The molecule has 0 aliphatic heterocycles. The van der Waals surface area contributed by atoms with Crippen LogP contribution in [-0.2, 0) is 30.4 Å². The third-order valence-corrected chi connectivity index (χ3v) is 8.15. The van der Waals surface area contributed by atoms with E-state index in [1.165, 1.54) is 25.6 Å². The summed E-state index contributed by atoms with van der Waals surface area (Å²) in [6, 6.07) is 9.36. The van der Waals surface area contributed by atoms with Gasteiger partial charge in [-0.15, -0.1) is 0 Å². The minimum Gasteiger partial charge on any atom is -0.462 e. The molecule has 0 aromatic heterocycles. The number of hydrogen-bond acceptors (Lipinski definition) is 6. The van der Waals surface area contributed by atoms with Crippen molar-refractivity contribution >= 4 is 34.9 Å². The first kappa shape index (κ1) is 17.7. The van der Waals surface area contributed by atoms with Gasteiger partial charge in [0.15, 0.2) is 0 Å². The summed E-state index contributed by atoms with van der Waals surface area (Å²) in [5.41, 5.74) is -1.73. The fourth-order valence-electron chi connectivity index (χ4n) is 1.45. The highest BCUT2D eigenvalue weighted by molar-refractivity contribution is 8.68. The van der Waals surface area contributed by atoms with E-state index < -0.39 is 10.9 Å². The summed E-state index contributed by atoms with van der Waals surface area (Å²) in [7, 11) is 2.99. The predicted octanol–water partition coefficient (Wildman–Crippen LogP) is 3.93. The molecule has 0 bridgehead atoms. The molecule has 112 valence electrons. The highest BCUT2D eigenvalue weighted by Crippen LogP contribution is 2.65. The van der Waals surface area contributed by atoms with Crippen LogP contribution in [0, 0.1) is 0 Å². The van der Waals surface area contributed by atoms with Crippen molar-refractivity contribution in [2.24, 2.45) is 0 Å². The van der Waals surface area contributed by atoms with E-state index in [-0.39, 0.29) is 12.1 Å². The number of carbonyl (C=O) groups excluding carboxylic acids is 1. The van der Waals surface area contributed by atoms with Crippen molar-refractivity contribution in [2.75, 3.05) is 14.2 Å². The van der Waals surface area contributed by atoms with Gasteiger partial charge in [0, 0.05) is 14.2 Å². The molecule has 0 radical (unpaired) electrons. The summed E-state index contributed by atoms with van der Waals surface area (Å²) >= 11 is 6.54. The Morgan fingerprint density at radius 1 is 1.20 bits per heavy atom. The molecule has 1 aromatic carbocycles. The van der Waals surface area contributed by atoms with E-state index in [1.54, 1.807) is 0 Å². The van der Waals surface area contributed by atoms with Crippen LogP contribution in [0.3, 0.4) is 0 Å². The Morgan fingerprint density at radius 3 is 2.20 bits per heavy atom. The number of carbonyl (C=O) groups is 1. The zero-order chi connectivity index (χ0) is 15.2. The standard InChI is InChI=1S/C13H19O4PS2/c1-10(2)17-13(14)12(11-8-6-5-7-9-11)20-18(19,15-3)16-4/h5-10,12H,1-4H3. The quantitative estimate of drug-likeness (QED) is 0.556. The molecule has 7 heteroatoms. The van der Waals surface area contributed by atoms with Crippen LogP contribution in [0.25, 0.3) is 0 Å². The normalized spacial score (nSPS) is 13.2. The maximum absolute atomic E-state index is 12.3. The number of esters is 1. The fourth-order valence-corrected chi connectivity index (χ4v) is 5.14. The van der Waals surface area contributed by atoms with Gasteiger partial charge in [0.1, 0.15) is 5.25 Å². The topological polar surface area (TPSA) is 44.8 Å². The molecule has 0 heterocycles. The Labute approximate surface area is 129 Å². The molecule has 20 heavy (non-hydrogen) atoms. The molecule has 0 N–H and O–H groups in total. The van der Waals surface area contributed by atoms with Gasteiger partial charge < -0.3 is 13.8 Å². The molecule has 0 aliphatic carbocycles. The molecule has 0 aliphatic rings. The molecule has 0 fully saturated rings. The van der Waals surface area contributed by atoms with E-state index >= 15 is 0 Å². The largest absolute Gasteiger partial charge is 0.462 e. The van der Waals surface area contributed by atoms with Crippen molar-refractivity contribution in [2.45, 2.75) is 25.2 Å². The zero-order valence-electron chi connectivity index (χ0n) is 11.9. The van der Waals surface area contributed by atoms with Gasteiger partial charge in [-0.1, -0.05) is 41.7 Å². The first-order valence-corrected chi connectivity index (χ1v) is 10.2. The molecule has 0 saturated heterocycles. The lowest BCUT2D eigenvalue weighted by Crippen LogP contribution is -2.17. The average molecular weight is 334 g/mol. The highest BCUT2D eigenvalue weighted by atomic mass is 32.9. The SMILES string of the molecule is COP(=S)(OC)SC(C(=O)OC(C)C)c1ccccc1. The Bertz CT molecular complexity index is 471. The Kier molecular flexibility index (Phi) is 7.20. The summed E-state index contributed by atoms with van der Waals surface area (Å²) in [6.45, 7) is 3.63. The molecule has 1 aromatic rings. The number of ether oxygens (including phenoxy) is 1. The maximum atomic E-state index is 12.3.